The van der Waals surface area contributed by atoms with Crippen molar-refractivity contribution < 1.29 is 83.2 Å². The summed E-state index contributed by atoms with van der Waals surface area (Å²) in [7, 11) is -5.14. The van der Waals surface area contributed by atoms with Gasteiger partial charge in [-0.25, -0.2) is 4.79 Å². The number of urea groups is 1. The predicted molar refractivity (Wildman–Crippen MR) is 23.6 cm³/mol. The van der Waals surface area contributed by atoms with Gasteiger partial charge in [0.25, 0.3) is 0 Å². The molecule has 10 heteroatoms. The Balaban J connectivity index is -0.0000000383. The normalized spacial score (nSPS) is 7.55. The molecule has 56 valence electrons. The molecular formula is CH5N2Na2O5P. The van der Waals surface area contributed by atoms with Crippen molar-refractivity contribution in [3.8, 4) is 0 Å². The van der Waals surface area contributed by atoms with Gasteiger partial charge in [0.15, 0.2) is 0 Å². The molecule has 5 N–H and O–H groups in total. The van der Waals surface area contributed by atoms with Gasteiger partial charge in [0, 0.05) is 0 Å². The molecular weight excluding hydrogens is 197 g/mol. The van der Waals surface area contributed by atoms with E-state index < -0.39 is 13.9 Å². The monoisotopic (exact) mass is 202 g/mol. The van der Waals surface area contributed by atoms with Gasteiger partial charge in [0.2, 0.25) is 0 Å². The Morgan fingerprint density at radius 1 is 1.27 bits per heavy atom. The van der Waals surface area contributed by atoms with Gasteiger partial charge in [-0.05, 0) is 0 Å². The fourth-order valence-corrected chi connectivity index (χ4v) is 0. The molecule has 0 saturated carbocycles. The van der Waals surface area contributed by atoms with Gasteiger partial charge < -0.3 is 30.7 Å². The smallest absolute Gasteiger partial charge is 0.790 e. The van der Waals surface area contributed by atoms with Gasteiger partial charge in [-0.1, -0.05) is 0 Å². The largest absolute Gasteiger partial charge is 1.00 e. The number of hydrogen-bond donors (Lipinski definition) is 3. The maximum atomic E-state index is 9.00. The first-order valence-electron chi connectivity index (χ1n) is 1.53. The first-order valence-corrected chi connectivity index (χ1v) is 3.02. The zero-order valence-corrected chi connectivity index (χ0v) is 11.1. The summed E-state index contributed by atoms with van der Waals surface area (Å²) in [5.74, 6) is 0. The van der Waals surface area contributed by atoms with Crippen LogP contribution in [0.25, 0.3) is 0 Å². The van der Waals surface area contributed by atoms with E-state index >= 15 is 0 Å². The van der Waals surface area contributed by atoms with Crippen LogP contribution in [-0.4, -0.2) is 10.9 Å². The first-order chi connectivity index (χ1) is 3.73. The van der Waals surface area contributed by atoms with Crippen LogP contribution in [0.15, 0.2) is 0 Å². The van der Waals surface area contributed by atoms with Crippen LogP contribution in [-0.2, 0) is 4.57 Å². The maximum absolute atomic E-state index is 9.00. The molecule has 0 spiro atoms. The van der Waals surface area contributed by atoms with Crippen LogP contribution in [0, 0.1) is 0 Å². The number of carbonyl (C=O) groups excluding carboxylic acids is 1. The minimum absolute atomic E-state index is 0. The van der Waals surface area contributed by atoms with Crippen LogP contribution < -0.4 is 80.4 Å². The van der Waals surface area contributed by atoms with Gasteiger partial charge in [0.05, 0.1) is 7.82 Å². The van der Waals surface area contributed by atoms with Gasteiger partial charge in [0.1, 0.15) is 0 Å². The molecule has 0 aliphatic heterocycles. The Hall–Kier alpha value is 1.38. The molecule has 0 rings (SSSR count). The summed E-state index contributed by atoms with van der Waals surface area (Å²) in [5.41, 5.74) is 8.50. The van der Waals surface area contributed by atoms with E-state index in [4.69, 9.17) is 24.0 Å². The predicted octanol–water partition coefficient (Wildman–Crippen LogP) is -9.16. The molecule has 0 aromatic heterocycles. The Bertz CT molecular complexity index is 122. The third kappa shape index (κ3) is 526. The molecule has 0 atom stereocenters. The van der Waals surface area contributed by atoms with E-state index in [1.165, 1.54) is 0 Å². The zero-order chi connectivity index (χ0) is 8.08. The van der Waals surface area contributed by atoms with Crippen LogP contribution in [0.4, 0.5) is 4.79 Å². The molecule has 0 saturated heterocycles. The third-order valence-corrected chi connectivity index (χ3v) is 0. The molecule has 7 nitrogen and oxygen atoms in total. The summed E-state index contributed by atoms with van der Waals surface area (Å²) < 4.78 is 8.66. The number of phosphoric acid groups is 1. The van der Waals surface area contributed by atoms with Crippen molar-refractivity contribution in [3.05, 3.63) is 0 Å². The van der Waals surface area contributed by atoms with Crippen LogP contribution in [0.3, 0.4) is 0 Å². The third-order valence-electron chi connectivity index (χ3n) is 0. The molecule has 0 fully saturated rings. The number of amides is 2. The zero-order valence-electron chi connectivity index (χ0n) is 6.18. The van der Waals surface area contributed by atoms with Gasteiger partial charge in [-0.3, -0.25) is 0 Å². The van der Waals surface area contributed by atoms with Crippen molar-refractivity contribution in [2.45, 2.75) is 0 Å². The number of hydrogen-bond acceptors (Lipinski definition) is 4. The number of carbonyl (C=O) groups is 1. The molecule has 0 unspecified atom stereocenters. The standard InChI is InChI=1S/CH4N2O.2Na.H3O4P/c2-1(3)4;;;1-5(2,3)4/h(H4,2,3,4);;;(H3,1,2,3,4)/q;2*+1;/p-2. The molecule has 0 bridgehead atoms. The van der Waals surface area contributed by atoms with Crippen molar-refractivity contribution in [1.29, 1.82) is 0 Å². The molecule has 0 aromatic rings. The number of primary amides is 2. The molecule has 0 aliphatic carbocycles. The Labute approximate surface area is 107 Å². The fraction of sp³-hybridized carbons (Fsp3) is 0. The van der Waals surface area contributed by atoms with Gasteiger partial charge >= 0.3 is 65.1 Å². The summed E-state index contributed by atoms with van der Waals surface area (Å²) in [6.45, 7) is 0. The molecule has 0 aliphatic rings. The number of nitrogens with two attached hydrogens (primary N) is 2. The van der Waals surface area contributed by atoms with Crippen molar-refractivity contribution in [2.75, 3.05) is 0 Å². The summed E-state index contributed by atoms with van der Waals surface area (Å²) in [4.78, 5) is 33.3. The van der Waals surface area contributed by atoms with Gasteiger partial charge in [-0.2, -0.15) is 0 Å². The second-order valence-corrected chi connectivity index (χ2v) is 1.81. The van der Waals surface area contributed by atoms with E-state index in [0.29, 0.717) is 0 Å². The Morgan fingerprint density at radius 2 is 1.27 bits per heavy atom. The Morgan fingerprint density at radius 3 is 1.27 bits per heavy atom. The summed E-state index contributed by atoms with van der Waals surface area (Å²) in [6, 6.07) is -0.833. The molecule has 0 radical (unpaired) electrons. The summed E-state index contributed by atoms with van der Waals surface area (Å²) >= 11 is 0. The van der Waals surface area contributed by atoms with E-state index in [9.17, 15) is 0 Å². The maximum Gasteiger partial charge on any atom is 1.00 e. The van der Waals surface area contributed by atoms with Crippen LogP contribution in [0.1, 0.15) is 0 Å². The SMILES string of the molecule is NC(N)=O.O=P([O-])([O-])O.[Na+].[Na+]. The van der Waals surface area contributed by atoms with E-state index in [-0.39, 0.29) is 59.1 Å². The molecule has 0 aromatic carbocycles. The molecule has 0 heterocycles. The van der Waals surface area contributed by atoms with E-state index in [1.54, 1.807) is 0 Å². The van der Waals surface area contributed by atoms with Crippen molar-refractivity contribution >= 4 is 13.9 Å². The van der Waals surface area contributed by atoms with E-state index in [0.717, 1.165) is 0 Å². The van der Waals surface area contributed by atoms with Crippen molar-refractivity contribution in [1.82, 2.24) is 0 Å². The first kappa shape index (κ1) is 22.8. The summed E-state index contributed by atoms with van der Waals surface area (Å²) in [6.07, 6.45) is 0. The average molecular weight is 202 g/mol. The van der Waals surface area contributed by atoms with E-state index in [2.05, 4.69) is 11.5 Å². The van der Waals surface area contributed by atoms with Crippen molar-refractivity contribution in [3.63, 3.8) is 0 Å². The minimum Gasteiger partial charge on any atom is -0.790 e. The quantitative estimate of drug-likeness (QED) is 0.263. The van der Waals surface area contributed by atoms with Crippen molar-refractivity contribution in [2.24, 2.45) is 11.5 Å². The second kappa shape index (κ2) is 11.4. The second-order valence-electron chi connectivity index (χ2n) is 0.871. The van der Waals surface area contributed by atoms with E-state index in [1.807, 2.05) is 0 Å². The fourth-order valence-electron chi connectivity index (χ4n) is 0. The van der Waals surface area contributed by atoms with Crippen LogP contribution in [0.2, 0.25) is 0 Å². The molecule has 2 amide bonds. The minimum atomic E-state index is -5.14. The van der Waals surface area contributed by atoms with Gasteiger partial charge in [-0.15, -0.1) is 0 Å². The topological polar surface area (TPSA) is 153 Å². The average Bonchev–Trinajstić information content (AvgIpc) is 1.19. The number of rotatable bonds is 0. The summed E-state index contributed by atoms with van der Waals surface area (Å²) in [5, 5.41) is 0. The molecule has 11 heavy (non-hydrogen) atoms. The van der Waals surface area contributed by atoms with Crippen LogP contribution in [0.5, 0.6) is 0 Å². The Kier molecular flexibility index (Phi) is 23.6. The van der Waals surface area contributed by atoms with Crippen LogP contribution >= 0.6 is 7.82 Å².